The number of hydrogen-bond donors (Lipinski definition) is 0. The molecule has 0 saturated heterocycles. The summed E-state index contributed by atoms with van der Waals surface area (Å²) in [5.74, 6) is 0. The lowest BCUT2D eigenvalue weighted by Crippen LogP contribution is -2.43. The normalized spacial score (nSPS) is 20.0. The van der Waals surface area contributed by atoms with E-state index < -0.39 is 0 Å². The van der Waals surface area contributed by atoms with Gasteiger partial charge < -0.3 is 0 Å². The molecule has 88 valence electrons. The van der Waals surface area contributed by atoms with E-state index in [4.69, 9.17) is 11.6 Å². The molecule has 1 aliphatic rings. The summed E-state index contributed by atoms with van der Waals surface area (Å²) in [6.07, 6.45) is 6.52. The molecule has 1 aliphatic carbocycles. The zero-order valence-electron chi connectivity index (χ0n) is 10.2. The second kappa shape index (κ2) is 4.77. The summed E-state index contributed by atoms with van der Waals surface area (Å²) in [4.78, 5) is 2.37. The van der Waals surface area contributed by atoms with E-state index in [2.05, 4.69) is 37.2 Å². The van der Waals surface area contributed by atoms with Gasteiger partial charge in [-0.1, -0.05) is 43.0 Å². The van der Waals surface area contributed by atoms with Crippen LogP contribution in [0.3, 0.4) is 0 Å². The van der Waals surface area contributed by atoms with Gasteiger partial charge in [-0.05, 0) is 44.6 Å². The Labute approximate surface area is 103 Å². The van der Waals surface area contributed by atoms with Gasteiger partial charge in [-0.2, -0.15) is 0 Å². The third kappa shape index (κ3) is 2.11. The highest BCUT2D eigenvalue weighted by atomic mass is 35.5. The van der Waals surface area contributed by atoms with Gasteiger partial charge >= 0.3 is 0 Å². The van der Waals surface area contributed by atoms with Crippen molar-refractivity contribution in [2.45, 2.75) is 37.6 Å². The van der Waals surface area contributed by atoms with Crippen LogP contribution in [-0.2, 0) is 5.54 Å². The average Bonchev–Trinajstić information content (AvgIpc) is 2.30. The zero-order chi connectivity index (χ0) is 11.6. The van der Waals surface area contributed by atoms with Gasteiger partial charge in [0, 0.05) is 10.6 Å². The first-order chi connectivity index (χ1) is 7.65. The maximum Gasteiger partial charge on any atom is 0.0455 e. The maximum atomic E-state index is 6.11. The van der Waals surface area contributed by atoms with Crippen LogP contribution in [0.25, 0.3) is 0 Å². The summed E-state index contributed by atoms with van der Waals surface area (Å²) < 4.78 is 0. The topological polar surface area (TPSA) is 3.24 Å². The number of hydrogen-bond acceptors (Lipinski definition) is 1. The van der Waals surface area contributed by atoms with Gasteiger partial charge in [-0.15, -0.1) is 0 Å². The SMILES string of the molecule is CN(C)C1(c2cccc(Cl)c2)CCCCC1. The Morgan fingerprint density at radius 3 is 2.38 bits per heavy atom. The molecule has 0 N–H and O–H groups in total. The van der Waals surface area contributed by atoms with Gasteiger partial charge in [0.05, 0.1) is 0 Å². The van der Waals surface area contributed by atoms with E-state index in [0.29, 0.717) is 0 Å². The van der Waals surface area contributed by atoms with Crippen molar-refractivity contribution in [3.63, 3.8) is 0 Å². The minimum atomic E-state index is 0.211. The zero-order valence-corrected chi connectivity index (χ0v) is 10.9. The van der Waals surface area contributed by atoms with Crippen molar-refractivity contribution in [1.82, 2.24) is 4.90 Å². The van der Waals surface area contributed by atoms with Gasteiger partial charge in [0.2, 0.25) is 0 Å². The third-order valence-corrected chi connectivity index (χ3v) is 4.13. The summed E-state index contributed by atoms with van der Waals surface area (Å²) in [5.41, 5.74) is 1.59. The number of benzene rings is 1. The van der Waals surface area contributed by atoms with E-state index in [9.17, 15) is 0 Å². The van der Waals surface area contributed by atoms with Gasteiger partial charge in [0.1, 0.15) is 0 Å². The van der Waals surface area contributed by atoms with Crippen LogP contribution in [0.1, 0.15) is 37.7 Å². The molecule has 0 amide bonds. The average molecular weight is 238 g/mol. The maximum absolute atomic E-state index is 6.11. The molecule has 1 aromatic carbocycles. The van der Waals surface area contributed by atoms with Crippen LogP contribution in [0.2, 0.25) is 5.02 Å². The van der Waals surface area contributed by atoms with Crippen LogP contribution < -0.4 is 0 Å². The summed E-state index contributed by atoms with van der Waals surface area (Å²) in [6, 6.07) is 8.37. The summed E-state index contributed by atoms with van der Waals surface area (Å²) in [6.45, 7) is 0. The van der Waals surface area contributed by atoms with Crippen LogP contribution in [-0.4, -0.2) is 19.0 Å². The predicted octanol–water partition coefficient (Wildman–Crippen LogP) is 4.06. The highest BCUT2D eigenvalue weighted by Gasteiger charge is 2.35. The summed E-state index contributed by atoms with van der Waals surface area (Å²) in [5, 5.41) is 0.851. The van der Waals surface area contributed by atoms with E-state index in [1.165, 1.54) is 37.7 Å². The van der Waals surface area contributed by atoms with Gasteiger partial charge in [-0.3, -0.25) is 4.90 Å². The molecule has 1 fully saturated rings. The summed E-state index contributed by atoms with van der Waals surface area (Å²) in [7, 11) is 4.37. The molecule has 0 spiro atoms. The standard InChI is InChI=1S/C14H20ClN/c1-16(2)14(9-4-3-5-10-14)12-7-6-8-13(15)11-12/h6-8,11H,3-5,9-10H2,1-2H3. The molecule has 0 aromatic heterocycles. The Morgan fingerprint density at radius 1 is 1.12 bits per heavy atom. The fourth-order valence-electron chi connectivity index (χ4n) is 2.91. The molecule has 0 bridgehead atoms. The molecule has 2 heteroatoms. The van der Waals surface area contributed by atoms with Crippen LogP contribution in [0.15, 0.2) is 24.3 Å². The molecule has 2 rings (SSSR count). The quantitative estimate of drug-likeness (QED) is 0.750. The van der Waals surface area contributed by atoms with Crippen molar-refractivity contribution in [2.24, 2.45) is 0 Å². The molecule has 1 aromatic rings. The molecule has 0 atom stereocenters. The first kappa shape index (κ1) is 11.9. The number of rotatable bonds is 2. The molecule has 1 nitrogen and oxygen atoms in total. The van der Waals surface area contributed by atoms with Crippen molar-refractivity contribution in [2.75, 3.05) is 14.1 Å². The lowest BCUT2D eigenvalue weighted by Gasteiger charge is -2.43. The highest BCUT2D eigenvalue weighted by Crippen LogP contribution is 2.41. The van der Waals surface area contributed by atoms with Crippen molar-refractivity contribution in [3.05, 3.63) is 34.9 Å². The molecule has 16 heavy (non-hydrogen) atoms. The Hall–Kier alpha value is -0.530. The van der Waals surface area contributed by atoms with Gasteiger partial charge in [-0.25, -0.2) is 0 Å². The van der Waals surface area contributed by atoms with E-state index in [1.54, 1.807) is 0 Å². The van der Waals surface area contributed by atoms with Crippen molar-refractivity contribution in [3.8, 4) is 0 Å². The smallest absolute Gasteiger partial charge is 0.0455 e. The Morgan fingerprint density at radius 2 is 1.81 bits per heavy atom. The van der Waals surface area contributed by atoms with E-state index >= 15 is 0 Å². The fraction of sp³-hybridized carbons (Fsp3) is 0.571. The second-order valence-corrected chi connectivity index (χ2v) is 5.43. The third-order valence-electron chi connectivity index (χ3n) is 3.90. The largest absolute Gasteiger partial charge is 0.300 e. The van der Waals surface area contributed by atoms with Crippen LogP contribution in [0.4, 0.5) is 0 Å². The highest BCUT2D eigenvalue weighted by molar-refractivity contribution is 6.30. The minimum Gasteiger partial charge on any atom is -0.300 e. The van der Waals surface area contributed by atoms with Crippen molar-refractivity contribution >= 4 is 11.6 Å². The lowest BCUT2D eigenvalue weighted by molar-refractivity contribution is 0.0989. The van der Waals surface area contributed by atoms with E-state index in [0.717, 1.165) is 5.02 Å². The molecule has 0 radical (unpaired) electrons. The Balaban J connectivity index is 2.38. The van der Waals surface area contributed by atoms with Crippen LogP contribution in [0.5, 0.6) is 0 Å². The first-order valence-electron chi connectivity index (χ1n) is 6.09. The van der Waals surface area contributed by atoms with Crippen molar-refractivity contribution < 1.29 is 0 Å². The first-order valence-corrected chi connectivity index (χ1v) is 6.46. The number of nitrogens with zero attached hydrogens (tertiary/aromatic N) is 1. The molecular formula is C14H20ClN. The monoisotopic (exact) mass is 237 g/mol. The minimum absolute atomic E-state index is 0.211. The molecule has 0 heterocycles. The molecule has 0 unspecified atom stereocenters. The van der Waals surface area contributed by atoms with Crippen LogP contribution in [0, 0.1) is 0 Å². The summed E-state index contributed by atoms with van der Waals surface area (Å²) >= 11 is 6.11. The van der Waals surface area contributed by atoms with Crippen molar-refractivity contribution in [1.29, 1.82) is 0 Å². The molecule has 0 aliphatic heterocycles. The fourth-order valence-corrected chi connectivity index (χ4v) is 3.10. The second-order valence-electron chi connectivity index (χ2n) is 5.00. The van der Waals surface area contributed by atoms with E-state index in [-0.39, 0.29) is 5.54 Å². The molecular weight excluding hydrogens is 218 g/mol. The van der Waals surface area contributed by atoms with Gasteiger partial charge in [0.25, 0.3) is 0 Å². The van der Waals surface area contributed by atoms with E-state index in [1.807, 2.05) is 6.07 Å². The number of halogens is 1. The van der Waals surface area contributed by atoms with Gasteiger partial charge in [0.15, 0.2) is 0 Å². The van der Waals surface area contributed by atoms with Crippen LogP contribution >= 0.6 is 11.6 Å². The lowest BCUT2D eigenvalue weighted by atomic mass is 9.76. The Kier molecular flexibility index (Phi) is 3.56. The Bertz CT molecular complexity index is 354. The predicted molar refractivity (Wildman–Crippen MR) is 69.9 cm³/mol. The molecule has 1 saturated carbocycles.